The molecule has 6 heteroatoms. The topological polar surface area (TPSA) is 67.4 Å². The number of ether oxygens (including phenoxy) is 1. The molecule has 1 unspecified atom stereocenters. The predicted octanol–water partition coefficient (Wildman–Crippen LogP) is 4.49. The molecular formula is C20H29FN2O3. The van der Waals surface area contributed by atoms with Gasteiger partial charge in [-0.3, -0.25) is 9.59 Å². The lowest BCUT2D eigenvalue weighted by Gasteiger charge is -2.21. The molecule has 26 heavy (non-hydrogen) atoms. The minimum atomic E-state index is -0.591. The fraction of sp³-hybridized carbons (Fsp3) is 0.600. The molecule has 1 fully saturated rings. The van der Waals surface area contributed by atoms with E-state index in [0.717, 1.165) is 44.9 Å². The Labute approximate surface area is 154 Å². The second-order valence-electron chi connectivity index (χ2n) is 6.87. The molecule has 2 rings (SSSR count). The Kier molecular flexibility index (Phi) is 8.04. The number of unbranched alkanes of at least 4 members (excludes halogenated alkanes) is 1. The van der Waals surface area contributed by atoms with Gasteiger partial charge >= 0.3 is 0 Å². The van der Waals surface area contributed by atoms with Crippen LogP contribution in [0.1, 0.15) is 58.8 Å². The van der Waals surface area contributed by atoms with Gasteiger partial charge in [0.1, 0.15) is 11.9 Å². The maximum Gasteiger partial charge on any atom is 0.253 e. The number of carbonyl (C=O) groups excluding carboxylic acids is 2. The molecule has 0 saturated heterocycles. The first kappa shape index (κ1) is 20.4. The van der Waals surface area contributed by atoms with Gasteiger partial charge in [0, 0.05) is 18.2 Å². The highest BCUT2D eigenvalue weighted by Gasteiger charge is 2.22. The fourth-order valence-electron chi connectivity index (χ4n) is 3.02. The van der Waals surface area contributed by atoms with E-state index in [0.29, 0.717) is 12.3 Å². The molecule has 1 aromatic rings. The van der Waals surface area contributed by atoms with E-state index in [-0.39, 0.29) is 23.4 Å². The zero-order chi connectivity index (χ0) is 18.9. The van der Waals surface area contributed by atoms with E-state index < -0.39 is 11.9 Å². The standard InChI is InChI=1S/C20H29FN2O3/c1-3-4-12-26-14(2)19(24)22-16-10-11-17(21)18(13-16)23-20(25)15-8-6-5-7-9-15/h10-11,13-15H,3-9,12H2,1-2H3,(H,22,24)(H,23,25). The molecule has 1 aliphatic carbocycles. The van der Waals surface area contributed by atoms with Crippen LogP contribution in [0.3, 0.4) is 0 Å². The summed E-state index contributed by atoms with van der Waals surface area (Å²) in [6.45, 7) is 4.26. The molecular weight excluding hydrogens is 335 g/mol. The lowest BCUT2D eigenvalue weighted by molar-refractivity contribution is -0.126. The van der Waals surface area contributed by atoms with Crippen LogP contribution >= 0.6 is 0 Å². The second-order valence-corrected chi connectivity index (χ2v) is 6.87. The van der Waals surface area contributed by atoms with Gasteiger partial charge in [-0.25, -0.2) is 4.39 Å². The highest BCUT2D eigenvalue weighted by Crippen LogP contribution is 2.26. The van der Waals surface area contributed by atoms with Crippen molar-refractivity contribution in [1.82, 2.24) is 0 Å². The number of halogens is 1. The van der Waals surface area contributed by atoms with Gasteiger partial charge in [-0.1, -0.05) is 32.6 Å². The first-order chi connectivity index (χ1) is 12.5. The van der Waals surface area contributed by atoms with E-state index in [1.807, 2.05) is 0 Å². The van der Waals surface area contributed by atoms with E-state index in [9.17, 15) is 14.0 Å². The smallest absolute Gasteiger partial charge is 0.253 e. The quantitative estimate of drug-likeness (QED) is 0.668. The van der Waals surface area contributed by atoms with E-state index in [2.05, 4.69) is 17.6 Å². The van der Waals surface area contributed by atoms with Gasteiger partial charge in [0.15, 0.2) is 0 Å². The van der Waals surface area contributed by atoms with Crippen LogP contribution < -0.4 is 10.6 Å². The van der Waals surface area contributed by atoms with E-state index in [4.69, 9.17) is 4.74 Å². The Bertz CT molecular complexity index is 615. The van der Waals surface area contributed by atoms with Gasteiger partial charge in [-0.15, -0.1) is 0 Å². The van der Waals surface area contributed by atoms with Crippen molar-refractivity contribution in [1.29, 1.82) is 0 Å². The number of carbonyl (C=O) groups is 2. The van der Waals surface area contributed by atoms with Crippen molar-refractivity contribution in [3.8, 4) is 0 Å². The molecule has 1 atom stereocenters. The van der Waals surface area contributed by atoms with E-state index in [1.54, 1.807) is 6.92 Å². The zero-order valence-corrected chi connectivity index (χ0v) is 15.6. The lowest BCUT2D eigenvalue weighted by atomic mass is 9.88. The van der Waals surface area contributed by atoms with Crippen molar-refractivity contribution >= 4 is 23.2 Å². The van der Waals surface area contributed by atoms with Crippen LogP contribution in [0.4, 0.5) is 15.8 Å². The van der Waals surface area contributed by atoms with Crippen molar-refractivity contribution in [2.24, 2.45) is 5.92 Å². The molecule has 2 amide bonds. The molecule has 5 nitrogen and oxygen atoms in total. The molecule has 0 aromatic heterocycles. The number of hydrogen-bond acceptors (Lipinski definition) is 3. The molecule has 0 aliphatic heterocycles. The van der Waals surface area contributed by atoms with Gasteiger partial charge in [0.05, 0.1) is 5.69 Å². The average Bonchev–Trinajstić information content (AvgIpc) is 2.65. The summed E-state index contributed by atoms with van der Waals surface area (Å²) in [5, 5.41) is 5.38. The molecule has 0 radical (unpaired) electrons. The number of amides is 2. The Morgan fingerprint density at radius 3 is 2.65 bits per heavy atom. The van der Waals surface area contributed by atoms with Crippen molar-refractivity contribution in [2.45, 2.75) is 64.9 Å². The summed E-state index contributed by atoms with van der Waals surface area (Å²) in [6, 6.07) is 4.17. The molecule has 1 aromatic carbocycles. The third-order valence-corrected chi connectivity index (χ3v) is 4.70. The van der Waals surface area contributed by atoms with Crippen molar-refractivity contribution in [3.63, 3.8) is 0 Å². The summed E-state index contributed by atoms with van der Waals surface area (Å²) in [7, 11) is 0. The summed E-state index contributed by atoms with van der Waals surface area (Å²) in [5.74, 6) is -1.02. The van der Waals surface area contributed by atoms with Gasteiger partial charge in [-0.2, -0.15) is 0 Å². The largest absolute Gasteiger partial charge is 0.369 e. The molecule has 1 saturated carbocycles. The third kappa shape index (κ3) is 6.09. The van der Waals surface area contributed by atoms with Crippen LogP contribution in [0, 0.1) is 11.7 Å². The highest BCUT2D eigenvalue weighted by atomic mass is 19.1. The van der Waals surface area contributed by atoms with Crippen LogP contribution in [-0.2, 0) is 14.3 Å². The zero-order valence-electron chi connectivity index (χ0n) is 15.6. The van der Waals surface area contributed by atoms with Crippen LogP contribution in [0.2, 0.25) is 0 Å². The lowest BCUT2D eigenvalue weighted by Crippen LogP contribution is -2.28. The Balaban J connectivity index is 1.95. The summed E-state index contributed by atoms with van der Waals surface area (Å²) < 4.78 is 19.5. The minimum Gasteiger partial charge on any atom is -0.369 e. The Hall–Kier alpha value is -1.95. The van der Waals surface area contributed by atoms with Crippen molar-refractivity contribution < 1.29 is 18.7 Å². The number of anilines is 2. The van der Waals surface area contributed by atoms with Crippen molar-refractivity contribution in [3.05, 3.63) is 24.0 Å². The minimum absolute atomic E-state index is 0.0617. The first-order valence-corrected chi connectivity index (χ1v) is 9.54. The van der Waals surface area contributed by atoms with Crippen molar-refractivity contribution in [2.75, 3.05) is 17.2 Å². The van der Waals surface area contributed by atoms with Gasteiger partial charge in [-0.05, 0) is 44.4 Å². The second kappa shape index (κ2) is 10.3. The van der Waals surface area contributed by atoms with Crippen LogP contribution in [0.25, 0.3) is 0 Å². The average molecular weight is 364 g/mol. The number of rotatable bonds is 8. The maximum atomic E-state index is 14.0. The Morgan fingerprint density at radius 2 is 1.96 bits per heavy atom. The van der Waals surface area contributed by atoms with Gasteiger partial charge in [0.2, 0.25) is 5.91 Å². The number of hydrogen-bond donors (Lipinski definition) is 2. The Morgan fingerprint density at radius 1 is 1.23 bits per heavy atom. The van der Waals surface area contributed by atoms with Crippen LogP contribution in [0.5, 0.6) is 0 Å². The summed E-state index contributed by atoms with van der Waals surface area (Å²) in [5.41, 5.74) is 0.527. The summed E-state index contributed by atoms with van der Waals surface area (Å²) in [4.78, 5) is 24.5. The van der Waals surface area contributed by atoms with E-state index >= 15 is 0 Å². The van der Waals surface area contributed by atoms with Crippen LogP contribution in [0.15, 0.2) is 18.2 Å². The molecule has 0 spiro atoms. The molecule has 0 bridgehead atoms. The predicted molar refractivity (Wildman–Crippen MR) is 101 cm³/mol. The van der Waals surface area contributed by atoms with E-state index in [1.165, 1.54) is 18.2 Å². The first-order valence-electron chi connectivity index (χ1n) is 9.54. The molecule has 144 valence electrons. The number of nitrogens with one attached hydrogen (secondary N) is 2. The molecule has 0 heterocycles. The SMILES string of the molecule is CCCCOC(C)C(=O)Nc1ccc(F)c(NC(=O)C2CCCCC2)c1. The molecule has 2 N–H and O–H groups in total. The maximum absolute atomic E-state index is 14.0. The normalized spacial score (nSPS) is 16.1. The fourth-order valence-corrected chi connectivity index (χ4v) is 3.02. The third-order valence-electron chi connectivity index (χ3n) is 4.70. The highest BCUT2D eigenvalue weighted by molar-refractivity contribution is 5.96. The summed E-state index contributed by atoms with van der Waals surface area (Å²) in [6.07, 6.45) is 6.21. The monoisotopic (exact) mass is 364 g/mol. The van der Waals surface area contributed by atoms with Gasteiger partial charge < -0.3 is 15.4 Å². The molecule has 1 aliphatic rings. The van der Waals surface area contributed by atoms with Crippen LogP contribution in [-0.4, -0.2) is 24.5 Å². The number of benzene rings is 1. The summed E-state index contributed by atoms with van der Waals surface area (Å²) >= 11 is 0. The van der Waals surface area contributed by atoms with Gasteiger partial charge in [0.25, 0.3) is 5.91 Å².